The number of halogens is 6. The third-order valence-corrected chi connectivity index (χ3v) is 8.57. The van der Waals surface area contributed by atoms with Gasteiger partial charge in [0.25, 0.3) is 11.5 Å². The normalized spacial score (nSPS) is 17.3. The molecule has 7 nitrogen and oxygen atoms in total. The minimum absolute atomic E-state index is 0.00837. The number of nitrogens with zero attached hydrogens (tertiary/aromatic N) is 1. The fourth-order valence-electron chi connectivity index (χ4n) is 5.85. The summed E-state index contributed by atoms with van der Waals surface area (Å²) in [4.78, 5) is 27.3. The summed E-state index contributed by atoms with van der Waals surface area (Å²) in [5.41, 5.74) is -7.03. The number of carbonyl (C=O) groups excluding carboxylic acids is 2. The van der Waals surface area contributed by atoms with E-state index in [2.05, 4.69) is 5.32 Å². The van der Waals surface area contributed by atoms with Crippen molar-refractivity contribution in [3.63, 3.8) is 0 Å². The Morgan fingerprint density at radius 3 is 2.16 bits per heavy atom. The number of allylic oxidation sites excluding steroid dienone is 1. The minimum Gasteiger partial charge on any atom is -0.493 e. The third kappa shape index (κ3) is 9.32. The van der Waals surface area contributed by atoms with Crippen molar-refractivity contribution in [1.82, 2.24) is 10.2 Å². The molecule has 2 aromatic rings. The molecule has 1 heterocycles. The Bertz CT molecular complexity index is 1460. The third-order valence-electron chi connectivity index (χ3n) is 8.57. The number of hydrogen-bond acceptors (Lipinski definition) is 5. The lowest BCUT2D eigenvalue weighted by Gasteiger charge is -2.33. The Balaban J connectivity index is 1.79. The molecule has 1 saturated heterocycles. The van der Waals surface area contributed by atoms with Crippen LogP contribution in [0.25, 0.3) is 6.08 Å². The number of imide groups is 1. The highest BCUT2D eigenvalue weighted by Crippen LogP contribution is 2.51. The summed E-state index contributed by atoms with van der Waals surface area (Å²) in [6.45, 7) is 9.23. The van der Waals surface area contributed by atoms with E-state index in [1.54, 1.807) is 44.2 Å². The van der Waals surface area contributed by atoms with E-state index in [0.29, 0.717) is 49.1 Å². The number of aliphatic hydroxyl groups is 1. The van der Waals surface area contributed by atoms with Crippen LogP contribution in [0, 0.1) is 0 Å². The molecule has 2 N–H and O–H groups in total. The lowest BCUT2D eigenvalue weighted by atomic mass is 9.87. The van der Waals surface area contributed by atoms with Crippen molar-refractivity contribution in [2.24, 2.45) is 0 Å². The summed E-state index contributed by atoms with van der Waals surface area (Å²) in [5.74, 6) is 0.314. The number of amides is 3. The highest BCUT2D eigenvalue weighted by atomic mass is 19.4. The highest BCUT2D eigenvalue weighted by Gasteiger charge is 2.71. The quantitative estimate of drug-likeness (QED) is 0.0913. The lowest BCUT2D eigenvalue weighted by molar-refractivity contribution is -0.376. The van der Waals surface area contributed by atoms with Crippen LogP contribution in [-0.4, -0.2) is 53.6 Å². The smallest absolute Gasteiger partial charge is 0.430 e. The van der Waals surface area contributed by atoms with Crippen LogP contribution in [0.5, 0.6) is 11.5 Å². The summed E-state index contributed by atoms with van der Waals surface area (Å²) in [7, 11) is 0. The number of alkyl halides is 6. The van der Waals surface area contributed by atoms with Crippen molar-refractivity contribution < 1.29 is 50.5 Å². The number of unbranched alkanes of at least 4 members (excludes halogenated alkanes) is 5. The number of urea groups is 1. The maximum absolute atomic E-state index is 13.9. The molecule has 1 unspecified atom stereocenters. The molecule has 0 aliphatic carbocycles. The van der Waals surface area contributed by atoms with E-state index in [1.807, 2.05) is 20.8 Å². The van der Waals surface area contributed by atoms with Crippen LogP contribution >= 0.6 is 0 Å². The largest absolute Gasteiger partial charge is 0.493 e. The zero-order valence-electron chi connectivity index (χ0n) is 29.3. The van der Waals surface area contributed by atoms with Gasteiger partial charge < -0.3 is 19.9 Å². The molecular formula is C37H48F6N2O5. The zero-order valence-corrected chi connectivity index (χ0v) is 29.3. The Hall–Kier alpha value is -3.74. The predicted molar refractivity (Wildman–Crippen MR) is 179 cm³/mol. The minimum atomic E-state index is -6.03. The fraction of sp³-hybridized carbons (Fsp3) is 0.568. The van der Waals surface area contributed by atoms with E-state index < -0.39 is 41.0 Å². The Morgan fingerprint density at radius 2 is 1.58 bits per heavy atom. The van der Waals surface area contributed by atoms with E-state index in [-0.39, 0.29) is 42.6 Å². The Morgan fingerprint density at radius 1 is 0.920 bits per heavy atom. The van der Waals surface area contributed by atoms with Crippen molar-refractivity contribution >= 4 is 18.0 Å². The number of carbonyl (C=O) groups is 2. The van der Waals surface area contributed by atoms with Crippen LogP contribution in [0.15, 0.2) is 42.5 Å². The summed E-state index contributed by atoms with van der Waals surface area (Å²) in [5, 5.41) is 12.9. The van der Waals surface area contributed by atoms with Gasteiger partial charge in [0.15, 0.2) is 0 Å². The van der Waals surface area contributed by atoms with Gasteiger partial charge in [0.05, 0.1) is 12.7 Å². The molecule has 0 radical (unpaired) electrons. The summed E-state index contributed by atoms with van der Waals surface area (Å²) in [6.07, 6.45) is -3.61. The van der Waals surface area contributed by atoms with Gasteiger partial charge in [-0.2, -0.15) is 26.3 Å². The van der Waals surface area contributed by atoms with Gasteiger partial charge in [0.1, 0.15) is 17.0 Å². The van der Waals surface area contributed by atoms with E-state index in [9.17, 15) is 41.0 Å². The second kappa shape index (κ2) is 17.0. The van der Waals surface area contributed by atoms with Crippen molar-refractivity contribution in [3.8, 4) is 11.5 Å². The van der Waals surface area contributed by atoms with Gasteiger partial charge in [-0.1, -0.05) is 63.8 Å². The van der Waals surface area contributed by atoms with Gasteiger partial charge in [-0.25, -0.2) is 4.79 Å². The number of ether oxygens (including phenoxy) is 2. The van der Waals surface area contributed by atoms with Gasteiger partial charge in [-0.3, -0.25) is 9.69 Å². The molecule has 0 saturated carbocycles. The molecule has 3 amide bonds. The fourth-order valence-corrected chi connectivity index (χ4v) is 5.85. The first-order chi connectivity index (χ1) is 23.4. The molecule has 1 aliphatic heterocycles. The topological polar surface area (TPSA) is 88.1 Å². The summed E-state index contributed by atoms with van der Waals surface area (Å²) in [6, 6.07) is 7.72. The molecule has 0 spiro atoms. The van der Waals surface area contributed by atoms with Crippen LogP contribution in [-0.2, 0) is 22.4 Å². The molecule has 13 heteroatoms. The van der Waals surface area contributed by atoms with Crippen LogP contribution in [0.1, 0.15) is 108 Å². The maximum Gasteiger partial charge on any atom is 0.430 e. The molecular weight excluding hydrogens is 666 g/mol. The molecule has 278 valence electrons. The standard InChI is InChI=1S/C37H48F6N2O5/c1-6-8-9-10-11-12-16-27-24-29(35(48,36(38,39)40)37(41,42)43)23-26(15-7-2)31(27)49-22-14-13-21-45-32(46)34(5,44-33(45)47)28-17-19-30(20-18-28)50-25(3)4/h12,16-20,23-25,48H,6-11,13-15,21-22H2,1-5H3,(H,44,47). The lowest BCUT2D eigenvalue weighted by Crippen LogP contribution is -2.54. The number of nitrogens with one attached hydrogen (secondary N) is 1. The molecule has 1 fully saturated rings. The zero-order chi connectivity index (χ0) is 37.3. The van der Waals surface area contributed by atoms with Gasteiger partial charge in [-0.05, 0) is 88.3 Å². The van der Waals surface area contributed by atoms with Crippen LogP contribution < -0.4 is 14.8 Å². The first-order valence-corrected chi connectivity index (χ1v) is 17.1. The van der Waals surface area contributed by atoms with E-state index in [0.717, 1.165) is 30.6 Å². The van der Waals surface area contributed by atoms with Crippen molar-refractivity contribution in [2.75, 3.05) is 13.2 Å². The second-order valence-corrected chi connectivity index (χ2v) is 13.0. The van der Waals surface area contributed by atoms with Gasteiger partial charge in [0.2, 0.25) is 0 Å². The molecule has 0 aromatic heterocycles. The van der Waals surface area contributed by atoms with E-state index in [4.69, 9.17) is 9.47 Å². The van der Waals surface area contributed by atoms with Crippen LogP contribution in [0.2, 0.25) is 0 Å². The molecule has 1 aliphatic rings. The predicted octanol–water partition coefficient (Wildman–Crippen LogP) is 9.35. The average Bonchev–Trinajstić information content (AvgIpc) is 3.25. The molecule has 0 bridgehead atoms. The van der Waals surface area contributed by atoms with E-state index in [1.165, 1.54) is 6.08 Å². The highest BCUT2D eigenvalue weighted by molar-refractivity contribution is 6.07. The first kappa shape index (κ1) is 40.7. The average molecular weight is 715 g/mol. The number of benzene rings is 2. The molecule has 50 heavy (non-hydrogen) atoms. The van der Waals surface area contributed by atoms with E-state index >= 15 is 0 Å². The molecule has 1 atom stereocenters. The van der Waals surface area contributed by atoms with Gasteiger partial charge in [0, 0.05) is 17.7 Å². The monoisotopic (exact) mass is 714 g/mol. The molecule has 3 rings (SSSR count). The van der Waals surface area contributed by atoms with Crippen LogP contribution in [0.4, 0.5) is 31.1 Å². The Kier molecular flexibility index (Phi) is 13.8. The van der Waals surface area contributed by atoms with Gasteiger partial charge in [-0.15, -0.1) is 0 Å². The number of rotatable bonds is 18. The SMILES string of the molecule is CCCCCCC=Cc1cc(C(O)(C(F)(F)F)C(F)(F)F)cc(CCC)c1OCCCCN1C(=O)NC(C)(c2ccc(OC(C)C)cc2)C1=O. The van der Waals surface area contributed by atoms with Crippen molar-refractivity contribution in [1.29, 1.82) is 0 Å². The summed E-state index contributed by atoms with van der Waals surface area (Å²) >= 11 is 0. The maximum atomic E-state index is 13.9. The first-order valence-electron chi connectivity index (χ1n) is 17.1. The summed E-state index contributed by atoms with van der Waals surface area (Å²) < 4.78 is 94.8. The second-order valence-electron chi connectivity index (χ2n) is 13.0. The van der Waals surface area contributed by atoms with Crippen molar-refractivity contribution in [3.05, 3.63) is 64.7 Å². The number of hydrogen-bond donors (Lipinski definition) is 2. The number of aryl methyl sites for hydroxylation is 1. The Labute approximate surface area is 290 Å². The van der Waals surface area contributed by atoms with Crippen molar-refractivity contribution in [2.45, 2.75) is 122 Å². The van der Waals surface area contributed by atoms with Gasteiger partial charge >= 0.3 is 18.4 Å². The molecule has 2 aromatic carbocycles. The van der Waals surface area contributed by atoms with Crippen LogP contribution in [0.3, 0.4) is 0 Å².